The highest BCUT2D eigenvalue weighted by atomic mass is 35.5. The molecule has 7 heteroatoms. The molecule has 0 heterocycles. The quantitative estimate of drug-likeness (QED) is 0.553. The first kappa shape index (κ1) is 12.3. The van der Waals surface area contributed by atoms with Gasteiger partial charge in [-0.3, -0.25) is 4.79 Å². The molecule has 0 fully saturated rings. The summed E-state index contributed by atoms with van der Waals surface area (Å²) in [5.74, 6) is -1.63. The smallest absolute Gasteiger partial charge is 0.276 e. The van der Waals surface area contributed by atoms with Crippen molar-refractivity contribution in [3.8, 4) is 0 Å². The van der Waals surface area contributed by atoms with Gasteiger partial charge in [0, 0.05) is 5.02 Å². The Hall–Kier alpha value is -0.810. The lowest BCUT2D eigenvalue weighted by Gasteiger charge is -2.11. The Balaban J connectivity index is 3.55. The van der Waals surface area contributed by atoms with E-state index in [-0.39, 0.29) is 5.02 Å². The predicted molar refractivity (Wildman–Crippen MR) is 46.6 cm³/mol. The van der Waals surface area contributed by atoms with Crippen LogP contribution in [0.4, 0.5) is 17.6 Å². The van der Waals surface area contributed by atoms with Crippen LogP contribution in [0.3, 0.4) is 0 Å². The van der Waals surface area contributed by atoms with Crippen molar-refractivity contribution in [2.45, 2.75) is 6.18 Å². The number of hydrogen-bond acceptors (Lipinski definition) is 1. The van der Waals surface area contributed by atoms with Crippen LogP contribution in [0.5, 0.6) is 0 Å². The summed E-state index contributed by atoms with van der Waals surface area (Å²) in [5, 5.41) is -1.74. The van der Waals surface area contributed by atoms with Crippen molar-refractivity contribution in [3.05, 3.63) is 34.1 Å². The minimum Gasteiger partial charge on any atom is -0.276 e. The third kappa shape index (κ3) is 2.60. The molecule has 0 N–H and O–H groups in total. The average molecular weight is 261 g/mol. The molecule has 1 aromatic carbocycles. The van der Waals surface area contributed by atoms with Crippen LogP contribution in [0.15, 0.2) is 12.1 Å². The Bertz CT molecular complexity index is 414. The van der Waals surface area contributed by atoms with E-state index in [0.29, 0.717) is 12.1 Å². The van der Waals surface area contributed by atoms with Gasteiger partial charge in [-0.15, -0.1) is 0 Å². The van der Waals surface area contributed by atoms with E-state index in [1.807, 2.05) is 0 Å². The molecular weight excluding hydrogens is 259 g/mol. The van der Waals surface area contributed by atoms with Gasteiger partial charge in [0.05, 0.1) is 5.56 Å². The van der Waals surface area contributed by atoms with Crippen LogP contribution in [0.1, 0.15) is 15.9 Å². The van der Waals surface area contributed by atoms with Crippen molar-refractivity contribution in [2.24, 2.45) is 0 Å². The Labute approximate surface area is 91.6 Å². The molecule has 82 valence electrons. The summed E-state index contributed by atoms with van der Waals surface area (Å²) >= 11 is 10.2. The number of rotatable bonds is 1. The van der Waals surface area contributed by atoms with E-state index in [1.54, 1.807) is 0 Å². The van der Waals surface area contributed by atoms with E-state index >= 15 is 0 Å². The van der Waals surface area contributed by atoms with Gasteiger partial charge in [-0.05, 0) is 23.7 Å². The van der Waals surface area contributed by atoms with Gasteiger partial charge >= 0.3 is 6.18 Å². The van der Waals surface area contributed by atoms with Gasteiger partial charge in [-0.2, -0.15) is 13.2 Å². The van der Waals surface area contributed by atoms with E-state index in [4.69, 9.17) is 23.2 Å². The van der Waals surface area contributed by atoms with Gasteiger partial charge in [0.1, 0.15) is 11.4 Å². The molecule has 15 heavy (non-hydrogen) atoms. The van der Waals surface area contributed by atoms with Crippen LogP contribution >= 0.6 is 23.2 Å². The van der Waals surface area contributed by atoms with Crippen molar-refractivity contribution in [2.75, 3.05) is 0 Å². The first-order valence-electron chi connectivity index (χ1n) is 3.49. The van der Waals surface area contributed by atoms with E-state index in [1.165, 1.54) is 0 Å². The number of benzene rings is 1. The summed E-state index contributed by atoms with van der Waals surface area (Å²) in [6.45, 7) is 0. The Morgan fingerprint density at radius 1 is 1.27 bits per heavy atom. The molecule has 0 aliphatic carbocycles. The SMILES string of the molecule is O=C(Cl)c1cc(Cl)cc(F)c1C(F)(F)F. The summed E-state index contributed by atoms with van der Waals surface area (Å²) < 4.78 is 49.9. The van der Waals surface area contributed by atoms with Gasteiger partial charge in [-0.1, -0.05) is 11.6 Å². The normalized spacial score (nSPS) is 11.6. The zero-order valence-corrected chi connectivity index (χ0v) is 8.34. The van der Waals surface area contributed by atoms with Gasteiger partial charge < -0.3 is 0 Å². The maximum atomic E-state index is 13.0. The van der Waals surface area contributed by atoms with Crippen LogP contribution in [-0.4, -0.2) is 5.24 Å². The first-order chi connectivity index (χ1) is 6.73. The van der Waals surface area contributed by atoms with Crippen molar-refractivity contribution < 1.29 is 22.4 Å². The van der Waals surface area contributed by atoms with Gasteiger partial charge in [0.2, 0.25) is 0 Å². The molecule has 0 bridgehead atoms. The van der Waals surface area contributed by atoms with E-state index in [9.17, 15) is 22.4 Å². The molecule has 0 aromatic heterocycles. The highest BCUT2D eigenvalue weighted by Gasteiger charge is 2.38. The highest BCUT2D eigenvalue weighted by molar-refractivity contribution is 6.68. The highest BCUT2D eigenvalue weighted by Crippen LogP contribution is 2.36. The van der Waals surface area contributed by atoms with Gasteiger partial charge in [0.25, 0.3) is 5.24 Å². The van der Waals surface area contributed by atoms with Crippen LogP contribution in [0, 0.1) is 5.82 Å². The average Bonchev–Trinajstić information content (AvgIpc) is 1.99. The summed E-state index contributed by atoms with van der Waals surface area (Å²) in [6.07, 6.45) is -4.99. The molecule has 0 atom stereocenters. The second-order valence-electron chi connectivity index (χ2n) is 2.58. The standard InChI is InChI=1S/C8H2Cl2F4O/c9-3-1-4(7(10)15)6(5(11)2-3)8(12,13)14/h1-2H. The summed E-state index contributed by atoms with van der Waals surface area (Å²) in [7, 11) is 0. The molecule has 0 spiro atoms. The van der Waals surface area contributed by atoms with Crippen LogP contribution in [0.2, 0.25) is 5.02 Å². The zero-order valence-electron chi connectivity index (χ0n) is 6.83. The molecule has 0 unspecified atom stereocenters. The number of alkyl halides is 3. The molecule has 1 rings (SSSR count). The second-order valence-corrected chi connectivity index (χ2v) is 3.36. The first-order valence-corrected chi connectivity index (χ1v) is 4.25. The van der Waals surface area contributed by atoms with E-state index in [2.05, 4.69) is 0 Å². The third-order valence-corrected chi connectivity index (χ3v) is 1.97. The maximum absolute atomic E-state index is 13.0. The number of hydrogen-bond donors (Lipinski definition) is 0. The molecule has 0 saturated heterocycles. The topological polar surface area (TPSA) is 17.1 Å². The Morgan fingerprint density at radius 3 is 2.20 bits per heavy atom. The Morgan fingerprint density at radius 2 is 1.80 bits per heavy atom. The van der Waals surface area contributed by atoms with Gasteiger partial charge in [-0.25, -0.2) is 4.39 Å². The molecule has 0 saturated carbocycles. The molecule has 0 aliphatic rings. The summed E-state index contributed by atoms with van der Waals surface area (Å²) in [6, 6.07) is 1.14. The minimum absolute atomic E-state index is 0.329. The lowest BCUT2D eigenvalue weighted by molar-refractivity contribution is -0.140. The molecule has 0 aliphatic heterocycles. The number of halogens is 6. The zero-order chi connectivity index (χ0) is 11.8. The number of carbonyl (C=O) groups is 1. The van der Waals surface area contributed by atoms with Crippen LogP contribution in [0.25, 0.3) is 0 Å². The summed E-state index contributed by atoms with van der Waals surface area (Å²) in [5.41, 5.74) is -2.69. The molecular formula is C8H2Cl2F4O. The Kier molecular flexibility index (Phi) is 3.25. The van der Waals surface area contributed by atoms with Crippen LogP contribution in [-0.2, 0) is 6.18 Å². The summed E-state index contributed by atoms with van der Waals surface area (Å²) in [4.78, 5) is 10.7. The van der Waals surface area contributed by atoms with Crippen molar-refractivity contribution in [1.29, 1.82) is 0 Å². The fourth-order valence-corrected chi connectivity index (χ4v) is 1.37. The lowest BCUT2D eigenvalue weighted by Crippen LogP contribution is -2.13. The minimum atomic E-state index is -4.99. The molecule has 0 radical (unpaired) electrons. The fraction of sp³-hybridized carbons (Fsp3) is 0.125. The predicted octanol–water partition coefficient (Wildman–Crippen LogP) is 3.88. The van der Waals surface area contributed by atoms with Gasteiger partial charge in [0.15, 0.2) is 0 Å². The maximum Gasteiger partial charge on any atom is 0.419 e. The monoisotopic (exact) mass is 260 g/mol. The van der Waals surface area contributed by atoms with Crippen molar-refractivity contribution in [1.82, 2.24) is 0 Å². The van der Waals surface area contributed by atoms with Crippen molar-refractivity contribution >= 4 is 28.4 Å². The largest absolute Gasteiger partial charge is 0.419 e. The number of carbonyl (C=O) groups excluding carboxylic acids is 1. The van der Waals surface area contributed by atoms with Crippen molar-refractivity contribution in [3.63, 3.8) is 0 Å². The molecule has 1 nitrogen and oxygen atoms in total. The lowest BCUT2D eigenvalue weighted by atomic mass is 10.1. The van der Waals surface area contributed by atoms with Crippen LogP contribution < -0.4 is 0 Å². The second kappa shape index (κ2) is 3.98. The fourth-order valence-electron chi connectivity index (χ4n) is 1.02. The van der Waals surface area contributed by atoms with E-state index in [0.717, 1.165) is 0 Å². The molecule has 0 amide bonds. The van der Waals surface area contributed by atoms with E-state index < -0.39 is 28.4 Å². The molecule has 1 aromatic rings. The third-order valence-electron chi connectivity index (χ3n) is 1.55.